The molecule has 0 fully saturated rings. The van der Waals surface area contributed by atoms with Crippen molar-refractivity contribution in [1.29, 1.82) is 0 Å². The zero-order valence-electron chi connectivity index (χ0n) is 15.7. The number of carboxylic acids is 1. The molecule has 4 nitrogen and oxygen atoms in total. The van der Waals surface area contributed by atoms with Gasteiger partial charge in [0.25, 0.3) is 0 Å². The third kappa shape index (κ3) is 17.0. The van der Waals surface area contributed by atoms with Gasteiger partial charge in [0.15, 0.2) is 0 Å². The second-order valence-electron chi connectivity index (χ2n) is 4.07. The summed E-state index contributed by atoms with van der Waals surface area (Å²) in [6.07, 6.45) is 5.85. The highest BCUT2D eigenvalue weighted by Crippen LogP contribution is 2.05. The third-order valence-electron chi connectivity index (χ3n) is 2.34. The SMILES string of the molecule is C=C/C(=C\C(=C/C)NCC(N)CSCCC)C(=O)O.CC.CC. The number of nitrogens with two attached hydrogens (primary N) is 1. The van der Waals surface area contributed by atoms with E-state index >= 15 is 0 Å². The van der Waals surface area contributed by atoms with Gasteiger partial charge in [0.1, 0.15) is 0 Å². The van der Waals surface area contributed by atoms with Crippen LogP contribution in [0.2, 0.25) is 0 Å². The lowest BCUT2D eigenvalue weighted by Gasteiger charge is -2.14. The molecule has 4 N–H and O–H groups in total. The van der Waals surface area contributed by atoms with Crippen LogP contribution in [-0.4, -0.2) is 35.2 Å². The van der Waals surface area contributed by atoms with E-state index in [4.69, 9.17) is 10.8 Å². The highest BCUT2D eigenvalue weighted by atomic mass is 32.2. The largest absolute Gasteiger partial charge is 0.478 e. The Morgan fingerprint density at radius 2 is 1.91 bits per heavy atom. The second-order valence-corrected chi connectivity index (χ2v) is 5.22. The monoisotopic (exact) mass is 344 g/mol. The Balaban J connectivity index is -0.000000919. The fraction of sp³-hybridized carbons (Fsp3) is 0.611. The Morgan fingerprint density at radius 3 is 2.30 bits per heavy atom. The first-order valence-electron chi connectivity index (χ1n) is 8.36. The molecule has 0 aliphatic carbocycles. The molecule has 1 atom stereocenters. The summed E-state index contributed by atoms with van der Waals surface area (Å²) in [7, 11) is 0. The first-order chi connectivity index (χ1) is 11.0. The van der Waals surface area contributed by atoms with Gasteiger partial charge in [0.05, 0.1) is 5.57 Å². The van der Waals surface area contributed by atoms with E-state index in [1.54, 1.807) is 6.08 Å². The summed E-state index contributed by atoms with van der Waals surface area (Å²) in [4.78, 5) is 10.9. The van der Waals surface area contributed by atoms with Gasteiger partial charge in [0, 0.05) is 24.0 Å². The van der Waals surface area contributed by atoms with E-state index in [1.165, 1.54) is 6.08 Å². The fourth-order valence-electron chi connectivity index (χ4n) is 1.30. The maximum Gasteiger partial charge on any atom is 0.335 e. The molecule has 0 aromatic rings. The standard InChI is InChI=1S/C14H24N2O2S.2C2H6/c1-4-7-19-10-12(15)9-16-13(6-3)8-11(5-2)14(17)18;2*1-2/h5-6,8,12,16H,2,4,7,9-10,15H2,1,3H3,(H,17,18);2*1-2H3/b11-8+,13-6+;;. The van der Waals surface area contributed by atoms with Crippen LogP contribution in [0.1, 0.15) is 48.0 Å². The van der Waals surface area contributed by atoms with Crippen LogP contribution in [0.4, 0.5) is 0 Å². The van der Waals surface area contributed by atoms with Crippen molar-refractivity contribution in [2.75, 3.05) is 18.1 Å². The lowest BCUT2D eigenvalue weighted by molar-refractivity contribution is -0.132. The Morgan fingerprint density at radius 1 is 1.35 bits per heavy atom. The second kappa shape index (κ2) is 20.8. The number of nitrogens with one attached hydrogen (secondary N) is 1. The molecule has 23 heavy (non-hydrogen) atoms. The average Bonchev–Trinajstić information content (AvgIpc) is 2.58. The van der Waals surface area contributed by atoms with Gasteiger partial charge in [0.2, 0.25) is 0 Å². The van der Waals surface area contributed by atoms with E-state index in [1.807, 2.05) is 52.5 Å². The topological polar surface area (TPSA) is 75.3 Å². The highest BCUT2D eigenvalue weighted by molar-refractivity contribution is 7.99. The molecule has 136 valence electrons. The van der Waals surface area contributed by atoms with Crippen molar-refractivity contribution in [3.8, 4) is 0 Å². The van der Waals surface area contributed by atoms with Crippen LogP contribution >= 0.6 is 11.8 Å². The smallest absolute Gasteiger partial charge is 0.335 e. The van der Waals surface area contributed by atoms with Crippen molar-refractivity contribution in [2.45, 2.75) is 54.0 Å². The molecule has 0 spiro atoms. The lowest BCUT2D eigenvalue weighted by atomic mass is 10.2. The molecular weight excluding hydrogens is 308 g/mol. The summed E-state index contributed by atoms with van der Waals surface area (Å²) in [6, 6.07) is 0.0527. The van der Waals surface area contributed by atoms with E-state index in [9.17, 15) is 4.79 Å². The molecule has 0 aromatic heterocycles. The first kappa shape index (κ1) is 26.7. The maximum absolute atomic E-state index is 10.9. The summed E-state index contributed by atoms with van der Waals surface area (Å²) in [5.74, 6) is 1.03. The molecular formula is C18H36N2O2S. The predicted molar refractivity (Wildman–Crippen MR) is 106 cm³/mol. The van der Waals surface area contributed by atoms with Crippen LogP contribution in [0.3, 0.4) is 0 Å². The quantitative estimate of drug-likeness (QED) is 0.314. The molecule has 0 saturated carbocycles. The molecule has 0 aliphatic heterocycles. The average molecular weight is 345 g/mol. The van der Waals surface area contributed by atoms with Gasteiger partial charge in [-0.2, -0.15) is 11.8 Å². The number of hydrogen-bond donors (Lipinski definition) is 3. The van der Waals surface area contributed by atoms with Gasteiger partial charge in [-0.25, -0.2) is 4.79 Å². The Labute approximate surface area is 147 Å². The summed E-state index contributed by atoms with van der Waals surface area (Å²) in [5, 5.41) is 12.1. The zero-order chi connectivity index (χ0) is 18.7. The highest BCUT2D eigenvalue weighted by Gasteiger charge is 2.05. The summed E-state index contributed by atoms with van der Waals surface area (Å²) < 4.78 is 0. The molecule has 0 aromatic carbocycles. The van der Waals surface area contributed by atoms with Crippen LogP contribution in [0.15, 0.2) is 36.1 Å². The van der Waals surface area contributed by atoms with Crippen LogP contribution in [-0.2, 0) is 4.79 Å². The van der Waals surface area contributed by atoms with Crippen LogP contribution < -0.4 is 11.1 Å². The third-order valence-corrected chi connectivity index (χ3v) is 3.70. The molecule has 0 aliphatic rings. The van der Waals surface area contributed by atoms with Gasteiger partial charge in [-0.15, -0.1) is 0 Å². The number of rotatable bonds is 10. The number of carboxylic acid groups (broad SMARTS) is 1. The minimum absolute atomic E-state index is 0.0527. The van der Waals surface area contributed by atoms with Gasteiger partial charge in [-0.1, -0.05) is 53.3 Å². The molecule has 0 amide bonds. The number of thioether (sulfide) groups is 1. The van der Waals surface area contributed by atoms with Crippen molar-refractivity contribution in [2.24, 2.45) is 5.73 Å². The van der Waals surface area contributed by atoms with Crippen LogP contribution in [0, 0.1) is 0 Å². The minimum atomic E-state index is -0.987. The van der Waals surface area contributed by atoms with E-state index < -0.39 is 5.97 Å². The molecule has 0 rings (SSSR count). The van der Waals surface area contributed by atoms with Crippen molar-refractivity contribution < 1.29 is 9.90 Å². The van der Waals surface area contributed by atoms with Gasteiger partial charge in [-0.3, -0.25) is 0 Å². The Bertz CT molecular complexity index is 353. The number of aliphatic carboxylic acids is 1. The van der Waals surface area contributed by atoms with E-state index in [-0.39, 0.29) is 11.6 Å². The number of hydrogen-bond acceptors (Lipinski definition) is 4. The maximum atomic E-state index is 10.9. The van der Waals surface area contributed by atoms with Gasteiger partial charge >= 0.3 is 5.97 Å². The molecule has 0 saturated heterocycles. The Hall–Kier alpha value is -1.20. The number of allylic oxidation sites excluding steroid dienone is 2. The van der Waals surface area contributed by atoms with Crippen molar-refractivity contribution >= 4 is 17.7 Å². The summed E-state index contributed by atoms with van der Waals surface area (Å²) >= 11 is 1.83. The van der Waals surface area contributed by atoms with Crippen molar-refractivity contribution in [1.82, 2.24) is 5.32 Å². The Kier molecular flexibility index (Phi) is 24.1. The zero-order valence-corrected chi connectivity index (χ0v) is 16.5. The molecule has 0 heterocycles. The minimum Gasteiger partial charge on any atom is -0.478 e. The predicted octanol–water partition coefficient (Wildman–Crippen LogP) is 4.20. The van der Waals surface area contributed by atoms with Crippen molar-refractivity contribution in [3.05, 3.63) is 36.1 Å². The first-order valence-corrected chi connectivity index (χ1v) is 9.51. The molecule has 5 heteroatoms. The van der Waals surface area contributed by atoms with E-state index in [0.717, 1.165) is 23.6 Å². The van der Waals surface area contributed by atoms with E-state index in [2.05, 4.69) is 18.8 Å². The van der Waals surface area contributed by atoms with E-state index in [0.29, 0.717) is 6.54 Å². The number of carbonyl (C=O) groups is 1. The van der Waals surface area contributed by atoms with Crippen molar-refractivity contribution in [3.63, 3.8) is 0 Å². The molecule has 1 unspecified atom stereocenters. The van der Waals surface area contributed by atoms with Crippen LogP contribution in [0.25, 0.3) is 0 Å². The normalized spacial score (nSPS) is 12.1. The fourth-order valence-corrected chi connectivity index (χ4v) is 2.17. The summed E-state index contributed by atoms with van der Waals surface area (Å²) in [5.41, 5.74) is 6.88. The molecule has 0 bridgehead atoms. The van der Waals surface area contributed by atoms with Crippen LogP contribution in [0.5, 0.6) is 0 Å². The summed E-state index contributed by atoms with van der Waals surface area (Å²) in [6.45, 7) is 16.1. The van der Waals surface area contributed by atoms with Gasteiger partial charge < -0.3 is 16.2 Å². The molecule has 0 radical (unpaired) electrons. The lowest BCUT2D eigenvalue weighted by Crippen LogP contribution is -2.35. The van der Waals surface area contributed by atoms with Gasteiger partial charge in [-0.05, 0) is 25.2 Å².